The zero-order valence-corrected chi connectivity index (χ0v) is 17.8. The third-order valence-electron chi connectivity index (χ3n) is 5.96. The molecule has 2 aromatic heterocycles. The van der Waals surface area contributed by atoms with Gasteiger partial charge in [0, 0.05) is 50.3 Å². The molecule has 0 aliphatic carbocycles. The van der Waals surface area contributed by atoms with Crippen molar-refractivity contribution in [1.29, 1.82) is 0 Å². The molecule has 28 heavy (non-hydrogen) atoms. The molecule has 7 heteroatoms. The van der Waals surface area contributed by atoms with Gasteiger partial charge in [-0.2, -0.15) is 0 Å². The second-order valence-electron chi connectivity index (χ2n) is 7.99. The molecule has 0 saturated carbocycles. The van der Waals surface area contributed by atoms with Crippen molar-refractivity contribution in [1.82, 2.24) is 14.9 Å². The molecule has 0 bridgehead atoms. The number of rotatable bonds is 3. The summed E-state index contributed by atoms with van der Waals surface area (Å²) in [5.41, 5.74) is 1.83. The topological polar surface area (TPSA) is 52.6 Å². The summed E-state index contributed by atoms with van der Waals surface area (Å²) in [4.78, 5) is 29.9. The van der Waals surface area contributed by atoms with Crippen LogP contribution >= 0.6 is 11.3 Å². The maximum Gasteiger partial charge on any atom is 0.255 e. The summed E-state index contributed by atoms with van der Waals surface area (Å²) < 4.78 is 0. The third-order valence-corrected chi connectivity index (χ3v) is 7.09. The third kappa shape index (κ3) is 3.99. The molecule has 0 atom stereocenters. The maximum absolute atomic E-state index is 12.7. The van der Waals surface area contributed by atoms with Gasteiger partial charge in [-0.15, -0.1) is 11.3 Å². The smallest absolute Gasteiger partial charge is 0.255 e. The molecule has 2 aliphatic heterocycles. The number of piperazine rings is 1. The number of carbonyl (C=O) groups excluding carboxylic acids is 1. The van der Waals surface area contributed by atoms with Crippen LogP contribution < -0.4 is 9.80 Å². The number of amides is 1. The number of thiazole rings is 1. The Hall–Kier alpha value is -2.15. The summed E-state index contributed by atoms with van der Waals surface area (Å²) in [6.45, 7) is 11.9. The number of carbonyl (C=O) groups is 1. The van der Waals surface area contributed by atoms with E-state index in [1.54, 1.807) is 17.5 Å². The van der Waals surface area contributed by atoms with Gasteiger partial charge in [0.15, 0.2) is 5.13 Å². The van der Waals surface area contributed by atoms with Crippen LogP contribution in [0.5, 0.6) is 0 Å². The van der Waals surface area contributed by atoms with Crippen LogP contribution in [0, 0.1) is 19.8 Å². The van der Waals surface area contributed by atoms with Crippen LogP contribution in [0.1, 0.15) is 40.7 Å². The molecule has 1 amide bonds. The Morgan fingerprint density at radius 1 is 1.04 bits per heavy atom. The molecule has 6 nitrogen and oxygen atoms in total. The molecule has 2 aliphatic rings. The number of piperidine rings is 1. The summed E-state index contributed by atoms with van der Waals surface area (Å²) in [7, 11) is 0. The van der Waals surface area contributed by atoms with E-state index >= 15 is 0 Å². The highest BCUT2D eigenvalue weighted by Crippen LogP contribution is 2.27. The van der Waals surface area contributed by atoms with Gasteiger partial charge in [-0.3, -0.25) is 4.79 Å². The standard InChI is InChI=1S/C21H29N5OS/c1-15-6-8-25(9-7-15)20(27)18-4-5-19(22-14-18)24-10-12-26(13-11-24)21-23-16(2)17(3)28-21/h4-5,14-15H,6-13H2,1-3H3. The van der Waals surface area contributed by atoms with Crippen molar-refractivity contribution in [2.24, 2.45) is 5.92 Å². The van der Waals surface area contributed by atoms with Gasteiger partial charge < -0.3 is 14.7 Å². The number of nitrogens with zero attached hydrogens (tertiary/aromatic N) is 5. The SMILES string of the molecule is Cc1nc(N2CCN(c3ccc(C(=O)N4CCC(C)CC4)cn3)CC2)sc1C. The van der Waals surface area contributed by atoms with Gasteiger partial charge in [0.05, 0.1) is 11.3 Å². The lowest BCUT2D eigenvalue weighted by atomic mass is 9.99. The van der Waals surface area contributed by atoms with E-state index in [0.29, 0.717) is 5.56 Å². The molecule has 0 aromatic carbocycles. The Bertz CT molecular complexity index is 798. The van der Waals surface area contributed by atoms with E-state index < -0.39 is 0 Å². The highest BCUT2D eigenvalue weighted by atomic mass is 32.1. The number of hydrogen-bond acceptors (Lipinski definition) is 6. The average molecular weight is 400 g/mol. The lowest BCUT2D eigenvalue weighted by molar-refractivity contribution is 0.0697. The fourth-order valence-corrected chi connectivity index (χ4v) is 4.77. The molecule has 2 saturated heterocycles. The van der Waals surface area contributed by atoms with Crippen LogP contribution in [-0.4, -0.2) is 60.0 Å². The summed E-state index contributed by atoms with van der Waals surface area (Å²) in [5.74, 6) is 1.79. The fourth-order valence-electron chi connectivity index (χ4n) is 3.81. The molecule has 0 N–H and O–H groups in total. The van der Waals surface area contributed by atoms with E-state index in [4.69, 9.17) is 0 Å². The first-order valence-corrected chi connectivity index (χ1v) is 11.0. The molecule has 4 rings (SSSR count). The molecular formula is C21H29N5OS. The van der Waals surface area contributed by atoms with Gasteiger partial charge in [-0.25, -0.2) is 9.97 Å². The van der Waals surface area contributed by atoms with Crippen molar-refractivity contribution in [3.05, 3.63) is 34.5 Å². The minimum atomic E-state index is 0.116. The molecule has 0 spiro atoms. The molecule has 4 heterocycles. The van der Waals surface area contributed by atoms with Crippen molar-refractivity contribution in [3.63, 3.8) is 0 Å². The Kier molecular flexibility index (Phi) is 5.53. The first-order chi connectivity index (χ1) is 13.5. The van der Waals surface area contributed by atoms with Gasteiger partial charge in [-0.1, -0.05) is 6.92 Å². The zero-order chi connectivity index (χ0) is 19.7. The van der Waals surface area contributed by atoms with E-state index in [0.717, 1.165) is 74.7 Å². The molecule has 0 radical (unpaired) electrons. The summed E-state index contributed by atoms with van der Waals surface area (Å²) in [5, 5.41) is 1.12. The maximum atomic E-state index is 12.7. The van der Waals surface area contributed by atoms with E-state index in [9.17, 15) is 4.79 Å². The van der Waals surface area contributed by atoms with Crippen LogP contribution in [0.25, 0.3) is 0 Å². The van der Waals surface area contributed by atoms with E-state index in [2.05, 4.69) is 40.5 Å². The Labute approximate surface area is 171 Å². The van der Waals surface area contributed by atoms with Crippen LogP contribution in [0.4, 0.5) is 10.9 Å². The minimum absolute atomic E-state index is 0.116. The zero-order valence-electron chi connectivity index (χ0n) is 17.0. The van der Waals surface area contributed by atoms with Crippen molar-refractivity contribution in [2.75, 3.05) is 49.1 Å². The van der Waals surface area contributed by atoms with Gasteiger partial charge in [0.25, 0.3) is 5.91 Å². The normalized spacial score (nSPS) is 18.6. The number of likely N-dealkylation sites (tertiary alicyclic amines) is 1. The van der Waals surface area contributed by atoms with E-state index in [-0.39, 0.29) is 5.91 Å². The van der Waals surface area contributed by atoms with Crippen molar-refractivity contribution in [2.45, 2.75) is 33.6 Å². The summed E-state index contributed by atoms with van der Waals surface area (Å²) in [6.07, 6.45) is 3.94. The van der Waals surface area contributed by atoms with E-state index in [1.165, 1.54) is 4.88 Å². The number of aryl methyl sites for hydroxylation is 2. The monoisotopic (exact) mass is 399 g/mol. The van der Waals surface area contributed by atoms with Crippen LogP contribution in [-0.2, 0) is 0 Å². The Morgan fingerprint density at radius 2 is 1.71 bits per heavy atom. The molecular weight excluding hydrogens is 370 g/mol. The predicted octanol–water partition coefficient (Wildman–Crippen LogP) is 3.35. The molecule has 2 aromatic rings. The van der Waals surface area contributed by atoms with Gasteiger partial charge >= 0.3 is 0 Å². The predicted molar refractivity (Wildman–Crippen MR) is 115 cm³/mol. The number of hydrogen-bond donors (Lipinski definition) is 0. The van der Waals surface area contributed by atoms with Gasteiger partial charge in [0.2, 0.25) is 0 Å². The van der Waals surface area contributed by atoms with Crippen LogP contribution in [0.3, 0.4) is 0 Å². The second-order valence-corrected chi connectivity index (χ2v) is 9.17. The minimum Gasteiger partial charge on any atom is -0.353 e. The first kappa shape index (κ1) is 19.2. The van der Waals surface area contributed by atoms with Crippen LogP contribution in [0.2, 0.25) is 0 Å². The second kappa shape index (κ2) is 8.07. The van der Waals surface area contributed by atoms with Crippen molar-refractivity contribution in [3.8, 4) is 0 Å². The molecule has 150 valence electrons. The lowest BCUT2D eigenvalue weighted by Crippen LogP contribution is -2.46. The number of anilines is 2. The summed E-state index contributed by atoms with van der Waals surface area (Å²) in [6, 6.07) is 3.93. The largest absolute Gasteiger partial charge is 0.353 e. The van der Waals surface area contributed by atoms with E-state index in [1.807, 2.05) is 17.0 Å². The molecule has 2 fully saturated rings. The summed E-state index contributed by atoms with van der Waals surface area (Å²) >= 11 is 1.78. The highest BCUT2D eigenvalue weighted by Gasteiger charge is 2.23. The fraction of sp³-hybridized carbons (Fsp3) is 0.571. The number of aromatic nitrogens is 2. The van der Waals surface area contributed by atoms with Gasteiger partial charge in [0.1, 0.15) is 5.82 Å². The Morgan fingerprint density at radius 3 is 2.29 bits per heavy atom. The van der Waals surface area contributed by atoms with Crippen molar-refractivity contribution < 1.29 is 4.79 Å². The number of pyridine rings is 1. The molecule has 0 unspecified atom stereocenters. The lowest BCUT2D eigenvalue weighted by Gasteiger charge is -2.35. The van der Waals surface area contributed by atoms with Gasteiger partial charge in [-0.05, 0) is 44.7 Å². The average Bonchev–Trinajstić information content (AvgIpc) is 3.07. The Balaban J connectivity index is 1.35. The highest BCUT2D eigenvalue weighted by molar-refractivity contribution is 7.15. The first-order valence-electron chi connectivity index (χ1n) is 10.2. The van der Waals surface area contributed by atoms with Crippen LogP contribution in [0.15, 0.2) is 18.3 Å². The quantitative estimate of drug-likeness (QED) is 0.792. The van der Waals surface area contributed by atoms with Crippen molar-refractivity contribution >= 4 is 28.2 Å².